The summed E-state index contributed by atoms with van der Waals surface area (Å²) in [7, 11) is 0. The van der Waals surface area contributed by atoms with E-state index < -0.39 is 0 Å². The molecule has 0 N–H and O–H groups in total. The third-order valence-corrected chi connectivity index (χ3v) is 4.77. The molecular formula is C18H20ClN5. The van der Waals surface area contributed by atoms with E-state index >= 15 is 0 Å². The van der Waals surface area contributed by atoms with Gasteiger partial charge in [0, 0.05) is 33.9 Å². The molecule has 0 saturated heterocycles. The van der Waals surface area contributed by atoms with Crippen molar-refractivity contribution in [1.29, 1.82) is 0 Å². The van der Waals surface area contributed by atoms with Crippen LogP contribution in [0.4, 0.5) is 5.82 Å². The van der Waals surface area contributed by atoms with Crippen molar-refractivity contribution in [3.05, 3.63) is 40.5 Å². The molecule has 0 saturated carbocycles. The molecule has 6 heteroatoms. The third kappa shape index (κ3) is 2.35. The minimum Gasteiger partial charge on any atom is -0.351 e. The topological polar surface area (TPSA) is 46.3 Å². The Bertz CT molecular complexity index is 921. The van der Waals surface area contributed by atoms with Gasteiger partial charge in [-0.15, -0.1) is 5.10 Å². The Hall–Kier alpha value is -2.14. The number of nitrogens with zero attached hydrogens (tertiary/aromatic N) is 5. The third-order valence-electron chi connectivity index (χ3n) is 4.52. The SMILES string of the molecule is Cc1nc2nc(-c3ccc(Cl)cc3)nn2c2c1CCN2C(C)(C)C. The Morgan fingerprint density at radius 3 is 2.46 bits per heavy atom. The maximum Gasteiger partial charge on any atom is 0.254 e. The summed E-state index contributed by atoms with van der Waals surface area (Å²) >= 11 is 5.98. The zero-order chi connectivity index (χ0) is 17.1. The first-order valence-electron chi connectivity index (χ1n) is 8.14. The Morgan fingerprint density at radius 2 is 1.79 bits per heavy atom. The van der Waals surface area contributed by atoms with Crippen molar-refractivity contribution in [2.45, 2.75) is 39.7 Å². The van der Waals surface area contributed by atoms with Crippen LogP contribution in [-0.4, -0.2) is 31.7 Å². The van der Waals surface area contributed by atoms with Gasteiger partial charge >= 0.3 is 0 Å². The quantitative estimate of drug-likeness (QED) is 0.673. The summed E-state index contributed by atoms with van der Waals surface area (Å²) in [6.45, 7) is 9.71. The van der Waals surface area contributed by atoms with E-state index in [0.29, 0.717) is 16.6 Å². The van der Waals surface area contributed by atoms with E-state index in [0.717, 1.165) is 30.0 Å². The summed E-state index contributed by atoms with van der Waals surface area (Å²) in [4.78, 5) is 11.7. The highest BCUT2D eigenvalue weighted by Crippen LogP contribution is 2.35. The van der Waals surface area contributed by atoms with Crippen LogP contribution in [0.25, 0.3) is 17.2 Å². The molecule has 1 aromatic carbocycles. The number of benzene rings is 1. The second kappa shape index (κ2) is 5.18. The van der Waals surface area contributed by atoms with Gasteiger partial charge < -0.3 is 4.90 Å². The van der Waals surface area contributed by atoms with Gasteiger partial charge in [-0.25, -0.2) is 4.98 Å². The summed E-state index contributed by atoms with van der Waals surface area (Å²) < 4.78 is 1.89. The first-order chi connectivity index (χ1) is 11.3. The Morgan fingerprint density at radius 1 is 1.08 bits per heavy atom. The molecule has 4 rings (SSSR count). The summed E-state index contributed by atoms with van der Waals surface area (Å²) in [6, 6.07) is 7.58. The molecular weight excluding hydrogens is 322 g/mol. The molecule has 1 aliphatic heterocycles. The molecule has 3 aromatic rings. The number of aromatic nitrogens is 4. The van der Waals surface area contributed by atoms with Crippen molar-refractivity contribution in [2.24, 2.45) is 0 Å². The van der Waals surface area contributed by atoms with Gasteiger partial charge in [-0.05, 0) is 58.4 Å². The molecule has 2 aromatic heterocycles. The predicted molar refractivity (Wildman–Crippen MR) is 96.8 cm³/mol. The molecule has 5 nitrogen and oxygen atoms in total. The lowest BCUT2D eigenvalue weighted by Crippen LogP contribution is -2.41. The fourth-order valence-corrected chi connectivity index (χ4v) is 3.43. The van der Waals surface area contributed by atoms with E-state index in [4.69, 9.17) is 16.7 Å². The van der Waals surface area contributed by atoms with Crippen molar-refractivity contribution in [2.75, 3.05) is 11.4 Å². The Kier molecular flexibility index (Phi) is 3.32. The van der Waals surface area contributed by atoms with Crippen LogP contribution in [0.5, 0.6) is 0 Å². The standard InChI is InChI=1S/C18H20ClN5/c1-11-14-9-10-23(18(2,3)4)16(14)24-17(20-11)21-15(22-24)12-5-7-13(19)8-6-12/h5-8H,9-10H2,1-4H3. The zero-order valence-electron chi connectivity index (χ0n) is 14.3. The normalized spacial score (nSPS) is 14.5. The van der Waals surface area contributed by atoms with Crippen LogP contribution in [0.2, 0.25) is 5.02 Å². The number of anilines is 1. The lowest BCUT2D eigenvalue weighted by Gasteiger charge is -2.34. The van der Waals surface area contributed by atoms with Crippen LogP contribution in [0.1, 0.15) is 32.0 Å². The number of rotatable bonds is 1. The van der Waals surface area contributed by atoms with Crippen LogP contribution < -0.4 is 4.90 Å². The molecule has 0 fully saturated rings. The number of fused-ring (bicyclic) bond motifs is 3. The highest BCUT2D eigenvalue weighted by atomic mass is 35.5. The molecule has 1 aliphatic rings. The smallest absolute Gasteiger partial charge is 0.254 e. The van der Waals surface area contributed by atoms with Gasteiger partial charge in [0.1, 0.15) is 5.82 Å². The molecule has 0 bridgehead atoms. The lowest BCUT2D eigenvalue weighted by atomic mass is 10.1. The molecule has 24 heavy (non-hydrogen) atoms. The van der Waals surface area contributed by atoms with Crippen LogP contribution in [0.15, 0.2) is 24.3 Å². The van der Waals surface area contributed by atoms with Gasteiger partial charge in [0.05, 0.1) is 0 Å². The molecule has 124 valence electrons. The van der Waals surface area contributed by atoms with Gasteiger partial charge in [-0.2, -0.15) is 9.50 Å². The molecule has 0 amide bonds. The molecule has 0 spiro atoms. The molecule has 0 unspecified atom stereocenters. The maximum atomic E-state index is 5.98. The van der Waals surface area contributed by atoms with E-state index in [-0.39, 0.29) is 5.54 Å². The average Bonchev–Trinajstić information content (AvgIpc) is 3.11. The molecule has 0 aliphatic carbocycles. The number of halogens is 1. The van der Waals surface area contributed by atoms with Crippen molar-refractivity contribution in [1.82, 2.24) is 19.6 Å². The summed E-state index contributed by atoms with van der Waals surface area (Å²) in [5.41, 5.74) is 3.28. The van der Waals surface area contributed by atoms with Crippen molar-refractivity contribution >= 4 is 23.2 Å². The lowest BCUT2D eigenvalue weighted by molar-refractivity contribution is 0.510. The van der Waals surface area contributed by atoms with Gasteiger partial charge in [0.2, 0.25) is 0 Å². The van der Waals surface area contributed by atoms with Gasteiger partial charge in [0.15, 0.2) is 5.82 Å². The van der Waals surface area contributed by atoms with E-state index in [9.17, 15) is 0 Å². The highest BCUT2D eigenvalue weighted by Gasteiger charge is 2.33. The van der Waals surface area contributed by atoms with Crippen molar-refractivity contribution in [3.63, 3.8) is 0 Å². The van der Waals surface area contributed by atoms with Crippen LogP contribution >= 0.6 is 11.6 Å². The maximum absolute atomic E-state index is 5.98. The number of hydrogen-bond donors (Lipinski definition) is 0. The Labute approximate surface area is 146 Å². The van der Waals surface area contributed by atoms with Crippen LogP contribution in [0, 0.1) is 6.92 Å². The number of aryl methyl sites for hydroxylation is 1. The molecule has 3 heterocycles. The fourth-order valence-electron chi connectivity index (χ4n) is 3.30. The monoisotopic (exact) mass is 341 g/mol. The molecule has 0 radical (unpaired) electrons. The highest BCUT2D eigenvalue weighted by molar-refractivity contribution is 6.30. The largest absolute Gasteiger partial charge is 0.351 e. The fraction of sp³-hybridized carbons (Fsp3) is 0.389. The predicted octanol–water partition coefficient (Wildman–Crippen LogP) is 3.91. The van der Waals surface area contributed by atoms with E-state index in [1.54, 1.807) is 0 Å². The first-order valence-corrected chi connectivity index (χ1v) is 8.52. The minimum atomic E-state index is 0.0261. The van der Waals surface area contributed by atoms with E-state index in [1.165, 1.54) is 5.56 Å². The summed E-state index contributed by atoms with van der Waals surface area (Å²) in [5.74, 6) is 2.44. The number of hydrogen-bond acceptors (Lipinski definition) is 4. The average molecular weight is 342 g/mol. The van der Waals surface area contributed by atoms with E-state index in [1.807, 2.05) is 28.8 Å². The molecule has 0 atom stereocenters. The Balaban J connectivity index is 1.93. The van der Waals surface area contributed by atoms with Crippen LogP contribution in [-0.2, 0) is 6.42 Å². The van der Waals surface area contributed by atoms with E-state index in [2.05, 4.69) is 42.6 Å². The minimum absolute atomic E-state index is 0.0261. The second-order valence-corrected chi connectivity index (χ2v) is 7.66. The second-order valence-electron chi connectivity index (χ2n) is 7.23. The van der Waals surface area contributed by atoms with Gasteiger partial charge in [0.25, 0.3) is 5.78 Å². The van der Waals surface area contributed by atoms with Gasteiger partial charge in [-0.1, -0.05) is 11.6 Å². The van der Waals surface area contributed by atoms with Crippen LogP contribution in [0.3, 0.4) is 0 Å². The van der Waals surface area contributed by atoms with Crippen molar-refractivity contribution in [3.8, 4) is 11.4 Å². The summed E-state index contributed by atoms with van der Waals surface area (Å²) in [5, 5.41) is 5.45. The summed E-state index contributed by atoms with van der Waals surface area (Å²) in [6.07, 6.45) is 0.998. The zero-order valence-corrected chi connectivity index (χ0v) is 15.1. The first kappa shape index (κ1) is 15.4. The van der Waals surface area contributed by atoms with Crippen molar-refractivity contribution < 1.29 is 0 Å². The van der Waals surface area contributed by atoms with Gasteiger partial charge in [-0.3, -0.25) is 0 Å².